The molecule has 0 radical (unpaired) electrons. The Balaban J connectivity index is 2.30. The number of nitrogens with two attached hydrogens (primary N) is 1. The maximum absolute atomic E-state index is 8.90. The van der Waals surface area contributed by atoms with Crippen molar-refractivity contribution < 1.29 is 0 Å². The summed E-state index contributed by atoms with van der Waals surface area (Å²) >= 11 is 9.33. The van der Waals surface area contributed by atoms with E-state index in [0.29, 0.717) is 27.7 Å². The van der Waals surface area contributed by atoms with Gasteiger partial charge < -0.3 is 5.73 Å². The van der Waals surface area contributed by atoms with E-state index < -0.39 is 0 Å². The standard InChI is InChI=1S/C13H7BrClN5/c14-9-3-7(5-16)1-2-11(9)20-12-10(19-13(20)17)4-8(15)6-18-12/h1-4,6H,(H2,17,19). The van der Waals surface area contributed by atoms with E-state index in [0.717, 1.165) is 10.2 Å². The number of nitriles is 1. The van der Waals surface area contributed by atoms with Gasteiger partial charge in [0, 0.05) is 10.7 Å². The second kappa shape index (κ2) is 4.78. The minimum atomic E-state index is 0.306. The molecule has 0 saturated carbocycles. The Labute approximate surface area is 127 Å². The van der Waals surface area contributed by atoms with Crippen molar-refractivity contribution in [2.75, 3.05) is 5.73 Å². The van der Waals surface area contributed by atoms with E-state index in [4.69, 9.17) is 22.6 Å². The van der Waals surface area contributed by atoms with Gasteiger partial charge in [-0.15, -0.1) is 0 Å². The number of hydrogen-bond donors (Lipinski definition) is 1. The summed E-state index contributed by atoms with van der Waals surface area (Å²) in [6, 6.07) is 9.00. The zero-order valence-corrected chi connectivity index (χ0v) is 12.4. The quantitative estimate of drug-likeness (QED) is 0.731. The van der Waals surface area contributed by atoms with Crippen LogP contribution in [0.1, 0.15) is 5.56 Å². The van der Waals surface area contributed by atoms with Crippen LogP contribution in [0.3, 0.4) is 0 Å². The van der Waals surface area contributed by atoms with Gasteiger partial charge in [0.2, 0.25) is 5.95 Å². The molecule has 0 spiro atoms. The molecule has 0 atom stereocenters. The van der Waals surface area contributed by atoms with Crippen molar-refractivity contribution in [2.24, 2.45) is 0 Å². The van der Waals surface area contributed by atoms with E-state index in [1.807, 2.05) is 0 Å². The number of imidazole rings is 1. The predicted octanol–water partition coefficient (Wildman–Crippen LogP) is 3.29. The molecule has 0 amide bonds. The third-order valence-corrected chi connectivity index (χ3v) is 3.65. The maximum Gasteiger partial charge on any atom is 0.207 e. The lowest BCUT2D eigenvalue weighted by atomic mass is 10.2. The Kier molecular flexibility index (Phi) is 3.08. The van der Waals surface area contributed by atoms with Crippen LogP contribution in [0.25, 0.3) is 16.9 Å². The summed E-state index contributed by atoms with van der Waals surface area (Å²) in [5, 5.41) is 9.40. The maximum atomic E-state index is 8.90. The van der Waals surface area contributed by atoms with E-state index in [-0.39, 0.29) is 0 Å². The number of fused-ring (bicyclic) bond motifs is 1. The Bertz CT molecular complexity index is 865. The molecule has 0 fully saturated rings. The molecule has 0 saturated heterocycles. The minimum absolute atomic E-state index is 0.306. The highest BCUT2D eigenvalue weighted by molar-refractivity contribution is 9.10. The Morgan fingerprint density at radius 3 is 2.85 bits per heavy atom. The highest BCUT2D eigenvalue weighted by Crippen LogP contribution is 2.28. The lowest BCUT2D eigenvalue weighted by Crippen LogP contribution is -2.02. The number of rotatable bonds is 1. The fourth-order valence-corrected chi connectivity index (χ4v) is 2.66. The van der Waals surface area contributed by atoms with Gasteiger partial charge in [0.15, 0.2) is 5.65 Å². The number of halogens is 2. The first-order valence-corrected chi connectivity index (χ1v) is 6.77. The van der Waals surface area contributed by atoms with Crippen LogP contribution in [0.4, 0.5) is 5.95 Å². The highest BCUT2D eigenvalue weighted by atomic mass is 79.9. The number of nitrogen functional groups attached to an aromatic ring is 1. The fourth-order valence-electron chi connectivity index (χ4n) is 1.95. The topological polar surface area (TPSA) is 80.5 Å². The number of anilines is 1. The molecule has 98 valence electrons. The highest BCUT2D eigenvalue weighted by Gasteiger charge is 2.14. The van der Waals surface area contributed by atoms with Gasteiger partial charge in [0.1, 0.15) is 5.52 Å². The van der Waals surface area contributed by atoms with E-state index in [2.05, 4.69) is 32.0 Å². The lowest BCUT2D eigenvalue weighted by Gasteiger charge is -2.08. The summed E-state index contributed by atoms with van der Waals surface area (Å²) < 4.78 is 2.44. The molecule has 5 nitrogen and oxygen atoms in total. The zero-order valence-electron chi connectivity index (χ0n) is 10.0. The van der Waals surface area contributed by atoms with Crippen molar-refractivity contribution in [2.45, 2.75) is 0 Å². The summed E-state index contributed by atoms with van der Waals surface area (Å²) in [7, 11) is 0. The number of nitrogens with zero attached hydrogens (tertiary/aromatic N) is 4. The Morgan fingerprint density at radius 2 is 2.15 bits per heavy atom. The Hall–Kier alpha value is -2.10. The molecule has 0 bridgehead atoms. The first-order chi connectivity index (χ1) is 9.60. The van der Waals surface area contributed by atoms with Crippen molar-refractivity contribution in [1.29, 1.82) is 5.26 Å². The van der Waals surface area contributed by atoms with Crippen LogP contribution in [0.15, 0.2) is 34.9 Å². The molecular formula is C13H7BrClN5. The molecule has 0 aliphatic carbocycles. The SMILES string of the molecule is N#Cc1ccc(-n2c(N)nc3cc(Cl)cnc32)c(Br)c1. The summed E-state index contributed by atoms with van der Waals surface area (Å²) in [6.45, 7) is 0. The zero-order chi connectivity index (χ0) is 14.3. The number of benzene rings is 1. The smallest absolute Gasteiger partial charge is 0.207 e. The van der Waals surface area contributed by atoms with E-state index in [1.165, 1.54) is 0 Å². The first-order valence-electron chi connectivity index (χ1n) is 5.59. The first kappa shape index (κ1) is 12.9. The van der Waals surface area contributed by atoms with E-state index in [1.54, 1.807) is 35.0 Å². The van der Waals surface area contributed by atoms with Gasteiger partial charge in [-0.2, -0.15) is 5.26 Å². The predicted molar refractivity (Wildman–Crippen MR) is 80.7 cm³/mol. The third kappa shape index (κ3) is 2.01. The van der Waals surface area contributed by atoms with Crippen LogP contribution < -0.4 is 5.73 Å². The second-order valence-electron chi connectivity index (χ2n) is 4.08. The third-order valence-electron chi connectivity index (χ3n) is 2.81. The molecule has 3 aromatic rings. The molecule has 0 aliphatic heterocycles. The van der Waals surface area contributed by atoms with Crippen LogP contribution in [-0.4, -0.2) is 14.5 Å². The second-order valence-corrected chi connectivity index (χ2v) is 5.37. The van der Waals surface area contributed by atoms with Crippen LogP contribution >= 0.6 is 27.5 Å². The van der Waals surface area contributed by atoms with Gasteiger partial charge in [0.25, 0.3) is 0 Å². The Morgan fingerprint density at radius 1 is 1.35 bits per heavy atom. The van der Waals surface area contributed by atoms with Gasteiger partial charge in [-0.1, -0.05) is 11.6 Å². The molecule has 0 aliphatic rings. The van der Waals surface area contributed by atoms with Crippen molar-refractivity contribution >= 4 is 44.6 Å². The molecule has 2 aromatic heterocycles. The van der Waals surface area contributed by atoms with E-state index >= 15 is 0 Å². The average Bonchev–Trinajstić information content (AvgIpc) is 2.73. The van der Waals surface area contributed by atoms with Gasteiger partial charge in [-0.05, 0) is 40.2 Å². The largest absolute Gasteiger partial charge is 0.369 e. The van der Waals surface area contributed by atoms with Crippen molar-refractivity contribution in [1.82, 2.24) is 14.5 Å². The molecule has 7 heteroatoms. The summed E-state index contributed by atoms with van der Waals surface area (Å²) in [4.78, 5) is 8.51. The molecule has 2 N–H and O–H groups in total. The molecular weight excluding hydrogens is 342 g/mol. The van der Waals surface area contributed by atoms with Gasteiger partial charge in [0.05, 0.1) is 22.3 Å². The van der Waals surface area contributed by atoms with Gasteiger partial charge in [-0.3, -0.25) is 4.57 Å². The van der Waals surface area contributed by atoms with Crippen LogP contribution in [0.5, 0.6) is 0 Å². The summed E-state index contributed by atoms with van der Waals surface area (Å²) in [5.74, 6) is 0.306. The molecule has 3 rings (SSSR count). The summed E-state index contributed by atoms with van der Waals surface area (Å²) in [5.41, 5.74) is 8.50. The van der Waals surface area contributed by atoms with Crippen molar-refractivity contribution in [3.63, 3.8) is 0 Å². The fraction of sp³-hybridized carbons (Fsp3) is 0. The normalized spacial score (nSPS) is 10.7. The number of hydrogen-bond acceptors (Lipinski definition) is 4. The minimum Gasteiger partial charge on any atom is -0.369 e. The number of pyridine rings is 1. The van der Waals surface area contributed by atoms with Crippen LogP contribution in [0.2, 0.25) is 5.02 Å². The van der Waals surface area contributed by atoms with Crippen LogP contribution in [0, 0.1) is 11.3 Å². The van der Waals surface area contributed by atoms with Crippen LogP contribution in [-0.2, 0) is 0 Å². The average molecular weight is 349 g/mol. The molecule has 2 heterocycles. The van der Waals surface area contributed by atoms with E-state index in [9.17, 15) is 0 Å². The van der Waals surface area contributed by atoms with Gasteiger partial charge >= 0.3 is 0 Å². The molecule has 20 heavy (non-hydrogen) atoms. The monoisotopic (exact) mass is 347 g/mol. The molecule has 1 aromatic carbocycles. The lowest BCUT2D eigenvalue weighted by molar-refractivity contribution is 1.08. The van der Waals surface area contributed by atoms with Crippen molar-refractivity contribution in [3.05, 3.63) is 45.5 Å². The van der Waals surface area contributed by atoms with Gasteiger partial charge in [-0.25, -0.2) is 9.97 Å². The molecule has 0 unspecified atom stereocenters. The summed E-state index contributed by atoms with van der Waals surface area (Å²) in [6.07, 6.45) is 1.54. The number of aromatic nitrogens is 3. The van der Waals surface area contributed by atoms with Crippen molar-refractivity contribution in [3.8, 4) is 11.8 Å².